The summed E-state index contributed by atoms with van der Waals surface area (Å²) in [6.45, 7) is 6.34. The normalized spacial score (nSPS) is 11.4. The second-order valence-corrected chi connectivity index (χ2v) is 4.60. The average Bonchev–Trinajstić information content (AvgIpc) is 2.72. The highest BCUT2D eigenvalue weighted by atomic mass is 16.5. The lowest BCUT2D eigenvalue weighted by Gasteiger charge is -2.22. The molecule has 0 fully saturated rings. The molecule has 102 valence electrons. The lowest BCUT2D eigenvalue weighted by Crippen LogP contribution is -2.35. The molecular formula is C12H21N3O3. The van der Waals surface area contributed by atoms with E-state index < -0.39 is 5.97 Å². The maximum Gasteiger partial charge on any atom is 0.317 e. The van der Waals surface area contributed by atoms with Gasteiger partial charge in [-0.25, -0.2) is 0 Å². The molecule has 1 aromatic rings. The molecule has 0 unspecified atom stereocenters. The molecule has 0 aliphatic rings. The Balaban J connectivity index is 2.57. The third-order valence-electron chi connectivity index (χ3n) is 2.67. The van der Waals surface area contributed by atoms with Gasteiger partial charge in [-0.15, -0.1) is 0 Å². The van der Waals surface area contributed by atoms with Crippen LogP contribution < -0.4 is 0 Å². The molecule has 1 heterocycles. The minimum Gasteiger partial charge on any atom is -0.480 e. The van der Waals surface area contributed by atoms with E-state index in [4.69, 9.17) is 9.63 Å². The van der Waals surface area contributed by atoms with Crippen LogP contribution in [0.25, 0.3) is 0 Å². The van der Waals surface area contributed by atoms with Gasteiger partial charge in [0.25, 0.3) is 0 Å². The number of aliphatic carboxylic acids is 1. The molecule has 0 aliphatic carbocycles. The Morgan fingerprint density at radius 3 is 2.78 bits per heavy atom. The van der Waals surface area contributed by atoms with Crippen molar-refractivity contribution in [3.63, 3.8) is 0 Å². The quantitative estimate of drug-likeness (QED) is 0.761. The maximum atomic E-state index is 10.7. The fourth-order valence-electron chi connectivity index (χ4n) is 1.56. The van der Waals surface area contributed by atoms with Crippen LogP contribution in [-0.4, -0.2) is 38.7 Å². The summed E-state index contributed by atoms with van der Waals surface area (Å²) in [6, 6.07) is 0.118. The van der Waals surface area contributed by atoms with Crippen molar-refractivity contribution in [2.45, 2.75) is 52.6 Å². The number of nitrogens with zero attached hydrogens (tertiary/aromatic N) is 3. The van der Waals surface area contributed by atoms with Gasteiger partial charge in [0.05, 0.1) is 13.1 Å². The van der Waals surface area contributed by atoms with Crippen molar-refractivity contribution < 1.29 is 14.4 Å². The molecular weight excluding hydrogens is 234 g/mol. The first-order valence-corrected chi connectivity index (χ1v) is 6.30. The third-order valence-corrected chi connectivity index (χ3v) is 2.67. The number of aryl methyl sites for hydroxylation is 1. The molecule has 0 atom stereocenters. The van der Waals surface area contributed by atoms with E-state index >= 15 is 0 Å². The van der Waals surface area contributed by atoms with Gasteiger partial charge < -0.3 is 9.63 Å². The first-order chi connectivity index (χ1) is 8.52. The van der Waals surface area contributed by atoms with Crippen LogP contribution in [0.15, 0.2) is 4.52 Å². The predicted octanol–water partition coefficient (Wildman–Crippen LogP) is 1.71. The Bertz CT molecular complexity index is 376. The Labute approximate surface area is 107 Å². The average molecular weight is 255 g/mol. The summed E-state index contributed by atoms with van der Waals surface area (Å²) in [6.07, 6.45) is 2.92. The first-order valence-electron chi connectivity index (χ1n) is 6.30. The molecule has 1 N–H and O–H groups in total. The van der Waals surface area contributed by atoms with Crippen LogP contribution in [0, 0.1) is 0 Å². The van der Waals surface area contributed by atoms with Crippen molar-refractivity contribution in [1.82, 2.24) is 15.0 Å². The van der Waals surface area contributed by atoms with Crippen molar-refractivity contribution in [3.05, 3.63) is 11.7 Å². The number of hydrogen-bond acceptors (Lipinski definition) is 5. The van der Waals surface area contributed by atoms with E-state index in [0.29, 0.717) is 18.3 Å². The van der Waals surface area contributed by atoms with Crippen LogP contribution in [0.4, 0.5) is 0 Å². The Morgan fingerprint density at radius 1 is 1.50 bits per heavy atom. The zero-order chi connectivity index (χ0) is 13.5. The van der Waals surface area contributed by atoms with E-state index in [1.54, 1.807) is 4.90 Å². The van der Waals surface area contributed by atoms with Crippen molar-refractivity contribution >= 4 is 5.97 Å². The zero-order valence-corrected chi connectivity index (χ0v) is 11.2. The monoisotopic (exact) mass is 255 g/mol. The van der Waals surface area contributed by atoms with E-state index in [1.165, 1.54) is 0 Å². The van der Waals surface area contributed by atoms with Crippen molar-refractivity contribution in [3.8, 4) is 0 Å². The fraction of sp³-hybridized carbons (Fsp3) is 0.750. The number of hydrogen-bond donors (Lipinski definition) is 1. The van der Waals surface area contributed by atoms with Gasteiger partial charge in [0.15, 0.2) is 5.82 Å². The van der Waals surface area contributed by atoms with E-state index in [1.807, 2.05) is 13.8 Å². The lowest BCUT2D eigenvalue weighted by molar-refractivity contribution is -0.139. The molecule has 0 spiro atoms. The van der Waals surface area contributed by atoms with Gasteiger partial charge >= 0.3 is 5.97 Å². The summed E-state index contributed by atoms with van der Waals surface area (Å²) in [4.78, 5) is 16.8. The number of carboxylic acids is 1. The molecule has 1 aromatic heterocycles. The lowest BCUT2D eigenvalue weighted by atomic mass is 10.2. The van der Waals surface area contributed by atoms with Gasteiger partial charge in [-0.1, -0.05) is 18.5 Å². The highest BCUT2D eigenvalue weighted by Gasteiger charge is 2.17. The van der Waals surface area contributed by atoms with Gasteiger partial charge in [-0.2, -0.15) is 4.98 Å². The predicted molar refractivity (Wildman–Crippen MR) is 66.1 cm³/mol. The second kappa shape index (κ2) is 7.10. The number of carbonyl (C=O) groups is 1. The van der Waals surface area contributed by atoms with E-state index in [-0.39, 0.29) is 12.6 Å². The van der Waals surface area contributed by atoms with Crippen molar-refractivity contribution in [2.75, 3.05) is 6.54 Å². The molecule has 0 bridgehead atoms. The Kier molecular flexibility index (Phi) is 5.77. The van der Waals surface area contributed by atoms with Gasteiger partial charge in [0, 0.05) is 12.5 Å². The highest BCUT2D eigenvalue weighted by molar-refractivity contribution is 5.69. The molecule has 0 radical (unpaired) electrons. The van der Waals surface area contributed by atoms with Crippen LogP contribution >= 0.6 is 0 Å². The standard InChI is InChI=1S/C12H21N3O3/c1-4-5-6-10-13-11(18-14-10)7-15(9(2)3)8-12(16)17/h9H,4-8H2,1-3H3,(H,16,17). The number of rotatable bonds is 8. The highest BCUT2D eigenvalue weighted by Crippen LogP contribution is 2.08. The third kappa shape index (κ3) is 4.83. The van der Waals surface area contributed by atoms with E-state index in [0.717, 1.165) is 19.3 Å². The topological polar surface area (TPSA) is 79.5 Å². The number of carboxylic acid groups (broad SMARTS) is 1. The van der Waals surface area contributed by atoms with Crippen LogP contribution in [-0.2, 0) is 17.8 Å². The SMILES string of the molecule is CCCCc1noc(CN(CC(=O)O)C(C)C)n1. The molecule has 0 aliphatic heterocycles. The van der Waals surface area contributed by atoms with Crippen LogP contribution in [0.2, 0.25) is 0 Å². The van der Waals surface area contributed by atoms with Gasteiger partial charge in [0.1, 0.15) is 0 Å². The van der Waals surface area contributed by atoms with Gasteiger partial charge in [0.2, 0.25) is 5.89 Å². The van der Waals surface area contributed by atoms with Gasteiger partial charge in [-0.3, -0.25) is 9.69 Å². The summed E-state index contributed by atoms with van der Waals surface area (Å²) in [5, 5.41) is 12.7. The minimum absolute atomic E-state index is 0.0235. The fourth-order valence-corrected chi connectivity index (χ4v) is 1.56. The summed E-state index contributed by atoms with van der Waals surface area (Å²) < 4.78 is 5.13. The molecule has 6 nitrogen and oxygen atoms in total. The molecule has 6 heteroatoms. The zero-order valence-electron chi connectivity index (χ0n) is 11.2. The molecule has 18 heavy (non-hydrogen) atoms. The summed E-state index contributed by atoms with van der Waals surface area (Å²) in [5.41, 5.74) is 0. The number of aromatic nitrogens is 2. The van der Waals surface area contributed by atoms with E-state index in [2.05, 4.69) is 17.1 Å². The van der Waals surface area contributed by atoms with Crippen LogP contribution in [0.1, 0.15) is 45.3 Å². The van der Waals surface area contributed by atoms with Crippen LogP contribution in [0.3, 0.4) is 0 Å². The maximum absolute atomic E-state index is 10.7. The molecule has 0 saturated heterocycles. The Hall–Kier alpha value is -1.43. The van der Waals surface area contributed by atoms with E-state index in [9.17, 15) is 4.79 Å². The smallest absolute Gasteiger partial charge is 0.317 e. The largest absolute Gasteiger partial charge is 0.480 e. The molecule has 1 rings (SSSR count). The summed E-state index contributed by atoms with van der Waals surface area (Å²) in [7, 11) is 0. The van der Waals surface area contributed by atoms with Crippen molar-refractivity contribution in [1.29, 1.82) is 0 Å². The minimum atomic E-state index is -0.852. The van der Waals surface area contributed by atoms with Gasteiger partial charge in [-0.05, 0) is 20.3 Å². The molecule has 0 amide bonds. The second-order valence-electron chi connectivity index (χ2n) is 4.60. The first kappa shape index (κ1) is 14.6. The molecule has 0 saturated carbocycles. The molecule has 0 aromatic carbocycles. The van der Waals surface area contributed by atoms with Crippen molar-refractivity contribution in [2.24, 2.45) is 0 Å². The summed E-state index contributed by atoms with van der Waals surface area (Å²) in [5.74, 6) is 0.330. The Morgan fingerprint density at radius 2 is 2.22 bits per heavy atom. The van der Waals surface area contributed by atoms with Crippen LogP contribution in [0.5, 0.6) is 0 Å². The summed E-state index contributed by atoms with van der Waals surface area (Å²) >= 11 is 0. The number of unbranched alkanes of at least 4 members (excludes halogenated alkanes) is 1.